The van der Waals surface area contributed by atoms with Crippen LogP contribution in [-0.4, -0.2) is 18.5 Å². The lowest BCUT2D eigenvalue weighted by Gasteiger charge is -2.23. The Balaban J connectivity index is 0.000000372. The van der Waals surface area contributed by atoms with E-state index in [0.717, 1.165) is 5.92 Å². The van der Waals surface area contributed by atoms with Gasteiger partial charge >= 0.3 is 15.6 Å². The van der Waals surface area contributed by atoms with Crippen LogP contribution >= 0.6 is 13.5 Å². The molecule has 3 aromatic rings. The third-order valence-electron chi connectivity index (χ3n) is 5.58. The minimum absolute atomic E-state index is 0. The first-order valence-electron chi connectivity index (χ1n) is 10.5. The van der Waals surface area contributed by atoms with E-state index < -0.39 is 15.6 Å². The molecule has 0 unspecified atom stereocenters. The molecule has 33 heavy (non-hydrogen) atoms. The lowest BCUT2D eigenvalue weighted by molar-refractivity contribution is -0.0510. The van der Waals surface area contributed by atoms with E-state index in [2.05, 4.69) is 78.9 Å². The Morgan fingerprint density at radius 3 is 1.64 bits per heavy atom. The van der Waals surface area contributed by atoms with E-state index in [-0.39, 0.29) is 13.5 Å². The topological polar surface area (TPSA) is 54.4 Å². The maximum Gasteiger partial charge on any atom is 0.522 e. The van der Waals surface area contributed by atoms with E-state index >= 15 is 0 Å². The number of alkyl halides is 3. The molecule has 0 saturated heterocycles. The smallest absolute Gasteiger partial charge is 0.279 e. The number of halogens is 3. The molecule has 0 spiro atoms. The summed E-state index contributed by atoms with van der Waals surface area (Å²) in [6.07, 6.45) is 6.86. The number of rotatable bonds is 3. The van der Waals surface area contributed by atoms with Crippen LogP contribution in [0.25, 0.3) is 22.3 Å². The van der Waals surface area contributed by atoms with Gasteiger partial charge in [-0.25, -0.2) is 0 Å². The fraction of sp³-hybridized carbons (Fsp3) is 0.280. The van der Waals surface area contributed by atoms with Crippen LogP contribution in [0.4, 0.5) is 13.2 Å². The third kappa shape index (κ3) is 7.35. The van der Waals surface area contributed by atoms with Crippen molar-refractivity contribution in [2.75, 3.05) is 0 Å². The molecule has 0 radical (unpaired) electrons. The van der Waals surface area contributed by atoms with Crippen molar-refractivity contribution in [3.63, 3.8) is 0 Å². The minimum atomic E-state index is -5.84. The molecule has 0 atom stereocenters. The highest BCUT2D eigenvalue weighted by atomic mass is 32.2. The fourth-order valence-electron chi connectivity index (χ4n) is 3.98. The van der Waals surface area contributed by atoms with Crippen LogP contribution in [-0.2, 0) is 10.1 Å². The highest BCUT2D eigenvalue weighted by molar-refractivity contribution is 7.86. The monoisotopic (exact) mass is 496 g/mol. The highest BCUT2D eigenvalue weighted by Crippen LogP contribution is 2.38. The van der Waals surface area contributed by atoms with Crippen molar-refractivity contribution in [2.24, 2.45) is 0 Å². The Kier molecular flexibility index (Phi) is 9.57. The Morgan fingerprint density at radius 2 is 1.18 bits per heavy atom. The van der Waals surface area contributed by atoms with Crippen molar-refractivity contribution in [1.29, 1.82) is 0 Å². The van der Waals surface area contributed by atoms with E-state index in [9.17, 15) is 13.2 Å². The molecule has 3 aromatic carbocycles. The van der Waals surface area contributed by atoms with Crippen molar-refractivity contribution in [1.82, 2.24) is 0 Å². The summed E-state index contributed by atoms with van der Waals surface area (Å²) < 4.78 is 57.5. The summed E-state index contributed by atoms with van der Waals surface area (Å²) in [6, 6.07) is 28.7. The Morgan fingerprint density at radius 1 is 0.727 bits per heavy atom. The van der Waals surface area contributed by atoms with Crippen LogP contribution in [0.15, 0.2) is 78.9 Å². The van der Waals surface area contributed by atoms with Crippen LogP contribution in [0.2, 0.25) is 0 Å². The molecular formula is C25H27F3O3S2. The summed E-state index contributed by atoms with van der Waals surface area (Å²) in [4.78, 5) is 0. The van der Waals surface area contributed by atoms with Crippen molar-refractivity contribution in [3.8, 4) is 22.3 Å². The number of benzene rings is 3. The maximum absolute atomic E-state index is 10.7. The van der Waals surface area contributed by atoms with Crippen LogP contribution in [0.1, 0.15) is 43.6 Å². The zero-order valence-corrected chi connectivity index (χ0v) is 19.7. The quantitative estimate of drug-likeness (QED) is 0.300. The van der Waals surface area contributed by atoms with Gasteiger partial charge in [0.2, 0.25) is 0 Å². The second kappa shape index (κ2) is 11.7. The average Bonchev–Trinajstić information content (AvgIpc) is 2.79. The summed E-state index contributed by atoms with van der Waals surface area (Å²) >= 11 is 0. The Hall–Kier alpha value is -2.29. The van der Waals surface area contributed by atoms with Gasteiger partial charge in [-0.05, 0) is 46.6 Å². The molecule has 0 amide bonds. The molecule has 1 saturated carbocycles. The first-order chi connectivity index (χ1) is 15.2. The third-order valence-corrected chi connectivity index (χ3v) is 6.17. The van der Waals surface area contributed by atoms with Crippen LogP contribution in [0.5, 0.6) is 0 Å². The zero-order chi connectivity index (χ0) is 23.2. The molecule has 0 bridgehead atoms. The maximum atomic E-state index is 10.7. The largest absolute Gasteiger partial charge is 0.522 e. The van der Waals surface area contributed by atoms with E-state index in [1.54, 1.807) is 0 Å². The first-order valence-corrected chi connectivity index (χ1v) is 11.9. The Labute approximate surface area is 199 Å². The average molecular weight is 497 g/mol. The molecule has 1 aliphatic carbocycles. The van der Waals surface area contributed by atoms with Crippen LogP contribution < -0.4 is 0 Å². The normalized spacial score (nSPS) is 14.5. The van der Waals surface area contributed by atoms with Gasteiger partial charge < -0.3 is 0 Å². The predicted molar refractivity (Wildman–Crippen MR) is 131 cm³/mol. The molecule has 0 aliphatic heterocycles. The van der Waals surface area contributed by atoms with Gasteiger partial charge in [-0.3, -0.25) is 4.55 Å². The number of hydrogen-bond donors (Lipinski definition) is 1. The van der Waals surface area contributed by atoms with Gasteiger partial charge in [-0.2, -0.15) is 35.1 Å². The second-order valence-electron chi connectivity index (χ2n) is 7.79. The summed E-state index contributed by atoms with van der Waals surface area (Å²) in [5.41, 5.74) is 1.30. The fourth-order valence-corrected chi connectivity index (χ4v) is 3.98. The van der Waals surface area contributed by atoms with E-state index in [1.807, 2.05) is 0 Å². The molecule has 1 aliphatic rings. The molecular weight excluding hydrogens is 469 g/mol. The van der Waals surface area contributed by atoms with Gasteiger partial charge in [-0.1, -0.05) is 98.1 Å². The molecule has 3 nitrogen and oxygen atoms in total. The first kappa shape index (κ1) is 27.0. The minimum Gasteiger partial charge on any atom is -0.279 e. The van der Waals surface area contributed by atoms with E-state index in [4.69, 9.17) is 13.0 Å². The van der Waals surface area contributed by atoms with Gasteiger partial charge in [0.15, 0.2) is 0 Å². The molecule has 8 heteroatoms. The van der Waals surface area contributed by atoms with Crippen LogP contribution in [0, 0.1) is 0 Å². The summed E-state index contributed by atoms with van der Waals surface area (Å²) in [5.74, 6) is 0.742. The second-order valence-corrected chi connectivity index (χ2v) is 9.21. The molecule has 1 fully saturated rings. The SMILES string of the molecule is O=S(=O)(O)C(F)(F)F.S.c1ccc(-c2ccc(C3CCCCC3)cc2-c2ccccc2)cc1. The predicted octanol–water partition coefficient (Wildman–Crippen LogP) is 7.58. The van der Waals surface area contributed by atoms with E-state index in [1.165, 1.54) is 59.9 Å². The molecule has 0 aromatic heterocycles. The van der Waals surface area contributed by atoms with Gasteiger partial charge in [0.1, 0.15) is 0 Å². The van der Waals surface area contributed by atoms with Crippen molar-refractivity contribution in [2.45, 2.75) is 43.5 Å². The molecule has 4 rings (SSSR count). The molecule has 0 heterocycles. The lowest BCUT2D eigenvalue weighted by atomic mass is 9.82. The van der Waals surface area contributed by atoms with E-state index in [0.29, 0.717) is 0 Å². The molecule has 178 valence electrons. The summed E-state index contributed by atoms with van der Waals surface area (Å²) in [5, 5.41) is 0. The van der Waals surface area contributed by atoms with Crippen molar-refractivity contribution < 1.29 is 26.1 Å². The summed E-state index contributed by atoms with van der Waals surface area (Å²) in [6.45, 7) is 0. The van der Waals surface area contributed by atoms with Gasteiger partial charge in [0.05, 0.1) is 0 Å². The van der Waals surface area contributed by atoms with Gasteiger partial charge in [0.25, 0.3) is 0 Å². The molecule has 1 N–H and O–H groups in total. The highest BCUT2D eigenvalue weighted by Gasteiger charge is 2.44. The standard InChI is InChI=1S/C24H24.CHF3O3S.H2S/c1-4-10-19(11-5-1)22-16-17-23(20-12-6-2-7-13-20)24(18-22)21-14-8-3-9-15-21;2-1(3,4)8(5,6)7;/h2-3,6-9,12-19H,1,4-5,10-11H2;(H,5,6,7);1H2. The lowest BCUT2D eigenvalue weighted by Crippen LogP contribution is -2.21. The van der Waals surface area contributed by atoms with Gasteiger partial charge in [0, 0.05) is 0 Å². The van der Waals surface area contributed by atoms with Crippen LogP contribution in [0.3, 0.4) is 0 Å². The summed E-state index contributed by atoms with van der Waals surface area (Å²) in [7, 11) is -5.84. The van der Waals surface area contributed by atoms with Crippen molar-refractivity contribution in [3.05, 3.63) is 84.4 Å². The van der Waals surface area contributed by atoms with Gasteiger partial charge in [-0.15, -0.1) is 0 Å². The van der Waals surface area contributed by atoms with Crippen molar-refractivity contribution >= 4 is 23.6 Å². The Bertz CT molecular complexity index is 1110. The zero-order valence-electron chi connectivity index (χ0n) is 17.9. The number of hydrogen-bond acceptors (Lipinski definition) is 2.